The maximum Gasteiger partial charge on any atom is 0.253 e. The number of halogens is 1. The summed E-state index contributed by atoms with van der Waals surface area (Å²) < 4.78 is 5.16. The van der Waals surface area contributed by atoms with Gasteiger partial charge in [0.1, 0.15) is 10.9 Å². The fourth-order valence-corrected chi connectivity index (χ4v) is 2.29. The van der Waals surface area contributed by atoms with E-state index in [0.29, 0.717) is 10.7 Å². The SMILES string of the molecule is COc1ccc(C(NC(=O)c2ccc(Cl)nc2)C(C)C)cc1. The second-order valence-corrected chi connectivity index (χ2v) is 5.73. The Morgan fingerprint density at radius 1 is 1.18 bits per heavy atom. The fourth-order valence-electron chi connectivity index (χ4n) is 2.18. The highest BCUT2D eigenvalue weighted by Gasteiger charge is 2.19. The van der Waals surface area contributed by atoms with Gasteiger partial charge in [-0.3, -0.25) is 4.79 Å². The number of rotatable bonds is 5. The third-order valence-electron chi connectivity index (χ3n) is 3.42. The molecule has 1 heterocycles. The van der Waals surface area contributed by atoms with Crippen molar-refractivity contribution >= 4 is 17.5 Å². The predicted molar refractivity (Wildman–Crippen MR) is 87.3 cm³/mol. The number of amides is 1. The summed E-state index contributed by atoms with van der Waals surface area (Å²) in [6, 6.07) is 10.9. The predicted octanol–water partition coefficient (Wildman–Crippen LogP) is 3.87. The number of hydrogen-bond donors (Lipinski definition) is 1. The van der Waals surface area contributed by atoms with Crippen molar-refractivity contribution in [3.63, 3.8) is 0 Å². The highest BCUT2D eigenvalue weighted by atomic mass is 35.5. The van der Waals surface area contributed by atoms with Crippen LogP contribution in [0.1, 0.15) is 35.8 Å². The first-order chi connectivity index (χ1) is 10.5. The van der Waals surface area contributed by atoms with Crippen LogP contribution in [0.15, 0.2) is 42.6 Å². The number of nitrogens with zero attached hydrogens (tertiary/aromatic N) is 1. The van der Waals surface area contributed by atoms with Crippen molar-refractivity contribution in [1.29, 1.82) is 0 Å². The summed E-state index contributed by atoms with van der Waals surface area (Å²) in [5.74, 6) is 0.871. The molecule has 0 aliphatic rings. The van der Waals surface area contributed by atoms with Gasteiger partial charge < -0.3 is 10.1 Å². The lowest BCUT2D eigenvalue weighted by Crippen LogP contribution is -2.31. The van der Waals surface area contributed by atoms with Gasteiger partial charge in [0.15, 0.2) is 0 Å². The molecule has 2 rings (SSSR count). The van der Waals surface area contributed by atoms with Crippen LogP contribution >= 0.6 is 11.6 Å². The monoisotopic (exact) mass is 318 g/mol. The molecule has 1 aromatic heterocycles. The third kappa shape index (κ3) is 3.98. The molecule has 4 nitrogen and oxygen atoms in total. The van der Waals surface area contributed by atoms with Crippen molar-refractivity contribution in [2.75, 3.05) is 7.11 Å². The summed E-state index contributed by atoms with van der Waals surface area (Å²) in [6.45, 7) is 4.13. The molecule has 1 aromatic carbocycles. The lowest BCUT2D eigenvalue weighted by Gasteiger charge is -2.23. The molecule has 22 heavy (non-hydrogen) atoms. The molecule has 1 unspecified atom stereocenters. The number of pyridine rings is 1. The van der Waals surface area contributed by atoms with Crippen LogP contribution in [0.2, 0.25) is 5.15 Å². The molecule has 0 saturated carbocycles. The van der Waals surface area contributed by atoms with E-state index in [1.807, 2.05) is 24.3 Å². The van der Waals surface area contributed by atoms with Crippen LogP contribution in [0.25, 0.3) is 0 Å². The Hall–Kier alpha value is -2.07. The molecular weight excluding hydrogens is 300 g/mol. The van der Waals surface area contributed by atoms with Gasteiger partial charge in [0.2, 0.25) is 0 Å². The average Bonchev–Trinajstić information content (AvgIpc) is 2.53. The van der Waals surface area contributed by atoms with Crippen molar-refractivity contribution in [2.45, 2.75) is 19.9 Å². The average molecular weight is 319 g/mol. The Morgan fingerprint density at radius 2 is 1.86 bits per heavy atom. The first-order valence-corrected chi connectivity index (χ1v) is 7.45. The van der Waals surface area contributed by atoms with Gasteiger partial charge >= 0.3 is 0 Å². The molecule has 0 saturated heterocycles. The quantitative estimate of drug-likeness (QED) is 0.851. The second-order valence-electron chi connectivity index (χ2n) is 5.34. The van der Waals surface area contributed by atoms with Crippen LogP contribution in [-0.4, -0.2) is 18.0 Å². The van der Waals surface area contributed by atoms with Crippen LogP contribution in [0.4, 0.5) is 0 Å². The van der Waals surface area contributed by atoms with Gasteiger partial charge in [0, 0.05) is 6.20 Å². The van der Waals surface area contributed by atoms with Crippen LogP contribution in [-0.2, 0) is 0 Å². The molecule has 1 N–H and O–H groups in total. The summed E-state index contributed by atoms with van der Waals surface area (Å²) in [6.07, 6.45) is 1.48. The number of carbonyl (C=O) groups excluding carboxylic acids is 1. The molecule has 0 bridgehead atoms. The number of aromatic nitrogens is 1. The van der Waals surface area contributed by atoms with Crippen molar-refractivity contribution in [3.8, 4) is 5.75 Å². The third-order valence-corrected chi connectivity index (χ3v) is 3.64. The van der Waals surface area contributed by atoms with E-state index in [1.54, 1.807) is 19.2 Å². The Balaban J connectivity index is 2.17. The Kier molecular flexibility index (Phi) is 5.39. The Labute approximate surface area is 135 Å². The number of benzene rings is 1. The largest absolute Gasteiger partial charge is 0.497 e. The minimum atomic E-state index is -0.168. The number of ether oxygens (including phenoxy) is 1. The van der Waals surface area contributed by atoms with E-state index in [9.17, 15) is 4.79 Å². The van der Waals surface area contributed by atoms with Gasteiger partial charge in [-0.25, -0.2) is 4.98 Å². The van der Waals surface area contributed by atoms with Crippen molar-refractivity contribution in [2.24, 2.45) is 5.92 Å². The fraction of sp³-hybridized carbons (Fsp3) is 0.294. The zero-order valence-electron chi connectivity index (χ0n) is 12.8. The van der Waals surface area contributed by atoms with E-state index in [1.165, 1.54) is 6.20 Å². The highest BCUT2D eigenvalue weighted by molar-refractivity contribution is 6.29. The van der Waals surface area contributed by atoms with Gasteiger partial charge in [-0.05, 0) is 35.7 Å². The summed E-state index contributed by atoms with van der Waals surface area (Å²) in [5, 5.41) is 3.41. The van der Waals surface area contributed by atoms with Gasteiger partial charge in [0.25, 0.3) is 5.91 Å². The van der Waals surface area contributed by atoms with Gasteiger partial charge in [0.05, 0.1) is 18.7 Å². The molecule has 0 spiro atoms. The van der Waals surface area contributed by atoms with E-state index in [-0.39, 0.29) is 17.9 Å². The normalized spacial score (nSPS) is 12.0. The summed E-state index contributed by atoms with van der Waals surface area (Å²) in [5.41, 5.74) is 1.52. The van der Waals surface area contributed by atoms with E-state index < -0.39 is 0 Å². The second kappa shape index (κ2) is 7.27. The molecule has 1 atom stereocenters. The topological polar surface area (TPSA) is 51.2 Å². The minimum Gasteiger partial charge on any atom is -0.497 e. The molecular formula is C17H19ClN2O2. The number of carbonyl (C=O) groups is 1. The summed E-state index contributed by atoms with van der Waals surface area (Å²) in [7, 11) is 1.63. The van der Waals surface area contributed by atoms with E-state index in [2.05, 4.69) is 24.1 Å². The molecule has 1 amide bonds. The van der Waals surface area contributed by atoms with Crippen LogP contribution in [0.3, 0.4) is 0 Å². The lowest BCUT2D eigenvalue weighted by molar-refractivity contribution is 0.0925. The van der Waals surface area contributed by atoms with Crippen molar-refractivity contribution < 1.29 is 9.53 Å². The molecule has 0 fully saturated rings. The molecule has 0 aliphatic heterocycles. The van der Waals surface area contributed by atoms with Gasteiger partial charge in [-0.2, -0.15) is 0 Å². The molecule has 116 valence electrons. The highest BCUT2D eigenvalue weighted by Crippen LogP contribution is 2.24. The molecule has 5 heteroatoms. The smallest absolute Gasteiger partial charge is 0.253 e. The minimum absolute atomic E-state index is 0.0888. The van der Waals surface area contributed by atoms with Crippen LogP contribution in [0, 0.1) is 5.92 Å². The van der Waals surface area contributed by atoms with E-state index in [0.717, 1.165) is 11.3 Å². The van der Waals surface area contributed by atoms with Gasteiger partial charge in [-0.1, -0.05) is 37.6 Å². The molecule has 2 aromatic rings. The summed E-state index contributed by atoms with van der Waals surface area (Å²) in [4.78, 5) is 16.3. The van der Waals surface area contributed by atoms with Gasteiger partial charge in [-0.15, -0.1) is 0 Å². The van der Waals surface area contributed by atoms with E-state index >= 15 is 0 Å². The maximum atomic E-state index is 12.3. The maximum absolute atomic E-state index is 12.3. The first kappa shape index (κ1) is 16.3. The van der Waals surface area contributed by atoms with E-state index in [4.69, 9.17) is 16.3 Å². The van der Waals surface area contributed by atoms with Crippen molar-refractivity contribution in [3.05, 3.63) is 58.9 Å². The zero-order valence-corrected chi connectivity index (χ0v) is 13.6. The van der Waals surface area contributed by atoms with Crippen LogP contribution < -0.4 is 10.1 Å². The lowest BCUT2D eigenvalue weighted by atomic mass is 9.95. The Morgan fingerprint density at radius 3 is 2.36 bits per heavy atom. The summed E-state index contributed by atoms with van der Waals surface area (Å²) >= 11 is 5.74. The molecule has 0 aliphatic carbocycles. The van der Waals surface area contributed by atoms with Crippen molar-refractivity contribution in [1.82, 2.24) is 10.3 Å². The number of nitrogens with one attached hydrogen (secondary N) is 1. The number of hydrogen-bond acceptors (Lipinski definition) is 3. The molecule has 0 radical (unpaired) electrons. The first-order valence-electron chi connectivity index (χ1n) is 7.07. The standard InChI is InChI=1S/C17H19ClN2O2/c1-11(2)16(12-4-7-14(22-3)8-5-12)20-17(21)13-6-9-15(18)19-10-13/h4-11,16H,1-3H3,(H,20,21). The van der Waals surface area contributed by atoms with Crippen LogP contribution in [0.5, 0.6) is 5.75 Å². The zero-order chi connectivity index (χ0) is 16.1. The number of methoxy groups -OCH3 is 1. The Bertz CT molecular complexity index is 624.